The number of nitrogen functional groups attached to an aromatic ring is 1. The van der Waals surface area contributed by atoms with E-state index in [0.717, 1.165) is 48.5 Å². The van der Waals surface area contributed by atoms with Crippen LogP contribution in [-0.2, 0) is 10.8 Å². The molecule has 0 aliphatic rings. The van der Waals surface area contributed by atoms with E-state index in [4.69, 9.17) is 5.73 Å². The molecule has 0 aliphatic heterocycles. The Hall–Kier alpha value is -4.87. The zero-order valence-corrected chi connectivity index (χ0v) is 30.1. The van der Waals surface area contributed by atoms with Crippen LogP contribution >= 0.6 is 15.9 Å². The van der Waals surface area contributed by atoms with Gasteiger partial charge in [0.1, 0.15) is 5.82 Å². The number of nitrogens with zero attached hydrogens (tertiary/aromatic N) is 2. The van der Waals surface area contributed by atoms with Crippen molar-refractivity contribution in [2.24, 2.45) is 0 Å². The maximum absolute atomic E-state index is 16.7. The van der Waals surface area contributed by atoms with Crippen molar-refractivity contribution in [3.05, 3.63) is 125 Å². The predicted molar refractivity (Wildman–Crippen MR) is 210 cm³/mol. The Morgan fingerprint density at radius 2 is 1.12 bits per heavy atom. The van der Waals surface area contributed by atoms with Crippen LogP contribution in [0.25, 0.3) is 76.7 Å². The van der Waals surface area contributed by atoms with Gasteiger partial charge >= 0.3 is 0 Å². The highest BCUT2D eigenvalue weighted by atomic mass is 79.9. The Morgan fingerprint density at radius 3 is 1.73 bits per heavy atom. The highest BCUT2D eigenvalue weighted by Gasteiger charge is 2.26. The fourth-order valence-electron chi connectivity index (χ4n) is 7.83. The summed E-state index contributed by atoms with van der Waals surface area (Å²) in [5.41, 5.74) is 17.1. The molecule has 3 aromatic heterocycles. The van der Waals surface area contributed by atoms with Crippen LogP contribution in [-0.4, -0.2) is 8.97 Å². The first-order valence-corrected chi connectivity index (χ1v) is 17.7. The van der Waals surface area contributed by atoms with Gasteiger partial charge in [0.25, 0.3) is 0 Å². The molecule has 6 aromatic carbocycles. The quantitative estimate of drug-likeness (QED) is 0.179. The highest BCUT2D eigenvalue weighted by molar-refractivity contribution is 9.10. The molecule has 0 bridgehead atoms. The van der Waals surface area contributed by atoms with Crippen LogP contribution in [0.15, 0.2) is 108 Å². The van der Waals surface area contributed by atoms with Crippen molar-refractivity contribution in [2.45, 2.75) is 52.4 Å². The summed E-state index contributed by atoms with van der Waals surface area (Å²) >= 11 is 3.75. The van der Waals surface area contributed by atoms with Gasteiger partial charge in [-0.25, -0.2) is 4.39 Å². The summed E-state index contributed by atoms with van der Waals surface area (Å²) in [6.45, 7) is 13.5. The maximum Gasteiger partial charge on any atom is 0.133 e. The number of hydrogen-bond donors (Lipinski definition) is 1. The van der Waals surface area contributed by atoms with Crippen molar-refractivity contribution in [2.75, 3.05) is 5.73 Å². The van der Waals surface area contributed by atoms with E-state index in [1.54, 1.807) is 6.07 Å². The Labute approximate surface area is 293 Å². The summed E-state index contributed by atoms with van der Waals surface area (Å²) in [5, 5.41) is 6.89. The Balaban J connectivity index is 1.35. The van der Waals surface area contributed by atoms with Crippen molar-refractivity contribution in [1.29, 1.82) is 0 Å². The van der Waals surface area contributed by atoms with Crippen molar-refractivity contribution < 1.29 is 4.39 Å². The molecule has 0 aliphatic carbocycles. The molecule has 5 heteroatoms. The lowest BCUT2D eigenvalue weighted by Gasteiger charge is -2.20. The van der Waals surface area contributed by atoms with E-state index in [9.17, 15) is 0 Å². The maximum atomic E-state index is 16.7. The van der Waals surface area contributed by atoms with Gasteiger partial charge in [0.15, 0.2) is 0 Å². The molecule has 0 fully saturated rings. The van der Waals surface area contributed by atoms with Crippen LogP contribution in [0.5, 0.6) is 0 Å². The van der Waals surface area contributed by atoms with Crippen LogP contribution < -0.4 is 5.73 Å². The summed E-state index contributed by atoms with van der Waals surface area (Å²) in [4.78, 5) is 0. The fourth-order valence-corrected chi connectivity index (χ4v) is 8.28. The molecule has 3 heterocycles. The normalized spacial score (nSPS) is 13.0. The minimum Gasteiger partial charge on any atom is -0.397 e. The molecule has 242 valence electrons. The van der Waals surface area contributed by atoms with E-state index in [2.05, 4.69) is 145 Å². The van der Waals surface area contributed by atoms with Gasteiger partial charge in [0.2, 0.25) is 0 Å². The third-order valence-electron chi connectivity index (χ3n) is 10.5. The van der Waals surface area contributed by atoms with E-state index in [1.165, 1.54) is 32.7 Å². The molecule has 3 nitrogen and oxygen atoms in total. The first-order valence-electron chi connectivity index (χ1n) is 16.9. The SMILES string of the molecule is CC(C)(C)c1ccc2c(c1)c1cc(C(C)(C)C)cc3c4cc(-c5cc(-n6c7ccccc7c7ccccc76)cc(Br)c5N)c(F)cc4n2c13. The number of hydrogen-bond acceptors (Lipinski definition) is 1. The molecule has 0 saturated heterocycles. The van der Waals surface area contributed by atoms with E-state index in [-0.39, 0.29) is 16.6 Å². The molecule has 2 N–H and O–H groups in total. The monoisotopic (exact) mass is 705 g/mol. The zero-order valence-electron chi connectivity index (χ0n) is 28.5. The molecule has 0 radical (unpaired) electrons. The Kier molecular flexibility index (Phi) is 6.22. The molecule has 9 aromatic rings. The van der Waals surface area contributed by atoms with Crippen LogP contribution in [0.2, 0.25) is 0 Å². The highest BCUT2D eigenvalue weighted by Crippen LogP contribution is 2.46. The average Bonchev–Trinajstić information content (AvgIpc) is 3.69. The van der Waals surface area contributed by atoms with Crippen molar-refractivity contribution in [1.82, 2.24) is 8.97 Å². The lowest BCUT2D eigenvalue weighted by Crippen LogP contribution is -2.11. The van der Waals surface area contributed by atoms with Gasteiger partial charge in [-0.2, -0.15) is 0 Å². The van der Waals surface area contributed by atoms with Crippen LogP contribution in [0, 0.1) is 5.82 Å². The topological polar surface area (TPSA) is 35.4 Å². The van der Waals surface area contributed by atoms with E-state index in [0.29, 0.717) is 16.8 Å². The summed E-state index contributed by atoms with van der Waals surface area (Å²) < 4.78 is 22.0. The second kappa shape index (κ2) is 10.1. The van der Waals surface area contributed by atoms with Crippen LogP contribution in [0.4, 0.5) is 10.1 Å². The van der Waals surface area contributed by atoms with Gasteiger partial charge in [0, 0.05) is 53.6 Å². The van der Waals surface area contributed by atoms with Gasteiger partial charge in [0.05, 0.1) is 33.3 Å². The summed E-state index contributed by atoms with van der Waals surface area (Å²) in [7, 11) is 0. The minimum absolute atomic E-state index is 0.0120. The van der Waals surface area contributed by atoms with Crippen LogP contribution in [0.3, 0.4) is 0 Å². The molecular weight excluding hydrogens is 669 g/mol. The molecule has 9 rings (SSSR count). The van der Waals surface area contributed by atoms with E-state index >= 15 is 4.39 Å². The number of rotatable bonds is 2. The third-order valence-corrected chi connectivity index (χ3v) is 11.1. The molecule has 0 atom stereocenters. The number of nitrogens with two attached hydrogens (primary N) is 1. The van der Waals surface area contributed by atoms with Gasteiger partial charge in [-0.15, -0.1) is 0 Å². The van der Waals surface area contributed by atoms with Gasteiger partial charge in [-0.05, 0) is 98.6 Å². The molecule has 0 saturated carbocycles. The largest absolute Gasteiger partial charge is 0.397 e. The summed E-state index contributed by atoms with van der Waals surface area (Å²) in [6, 6.07) is 36.0. The Bertz CT molecular complexity index is 2770. The number of halogens is 2. The first-order chi connectivity index (χ1) is 23.3. The minimum atomic E-state index is -0.304. The smallest absolute Gasteiger partial charge is 0.133 e. The lowest BCUT2D eigenvalue weighted by atomic mass is 9.84. The number of fused-ring (bicyclic) bond motifs is 9. The zero-order chi connectivity index (χ0) is 34.1. The van der Waals surface area contributed by atoms with Crippen molar-refractivity contribution >= 4 is 81.5 Å². The first kappa shape index (κ1) is 30.2. The summed E-state index contributed by atoms with van der Waals surface area (Å²) in [6.07, 6.45) is 0. The van der Waals surface area contributed by atoms with Crippen molar-refractivity contribution in [3.8, 4) is 16.8 Å². The molecule has 0 amide bonds. The molecule has 49 heavy (non-hydrogen) atoms. The van der Waals surface area contributed by atoms with Crippen molar-refractivity contribution in [3.63, 3.8) is 0 Å². The lowest BCUT2D eigenvalue weighted by molar-refractivity contribution is 0.590. The summed E-state index contributed by atoms with van der Waals surface area (Å²) in [5.74, 6) is -0.304. The number of aromatic nitrogens is 2. The second-order valence-corrected chi connectivity index (χ2v) is 16.4. The van der Waals surface area contributed by atoms with Gasteiger partial charge < -0.3 is 14.7 Å². The van der Waals surface area contributed by atoms with Gasteiger partial charge in [-0.3, -0.25) is 0 Å². The number of anilines is 1. The molecule has 0 unspecified atom stereocenters. The molecular formula is C44H37BrFN3. The Morgan fingerprint density at radius 1 is 0.551 bits per heavy atom. The number of para-hydroxylation sites is 2. The average molecular weight is 707 g/mol. The fraction of sp³-hybridized carbons (Fsp3) is 0.182. The molecule has 0 spiro atoms. The van der Waals surface area contributed by atoms with Gasteiger partial charge in [-0.1, -0.05) is 84.0 Å². The second-order valence-electron chi connectivity index (χ2n) is 15.6. The van der Waals surface area contributed by atoms with E-state index in [1.807, 2.05) is 18.2 Å². The standard InChI is InChI=1S/C44H37BrFN3/c1-43(2,3)24-15-16-39-30(17-24)33-18-25(44(4,5)6)19-34-31-22-29(36(46)23-40(31)49(39)42(33)34)32-20-26(21-35(45)41(32)47)48-37-13-9-7-11-27(37)28-12-8-10-14-38(28)48/h7-23H,47H2,1-6H3. The van der Waals surface area contributed by atoms with Crippen LogP contribution in [0.1, 0.15) is 52.7 Å². The van der Waals surface area contributed by atoms with E-state index < -0.39 is 0 Å². The predicted octanol–water partition coefficient (Wildman–Crippen LogP) is 12.7. The number of benzene rings is 6. The third kappa shape index (κ3) is 4.31.